The molecule has 0 atom stereocenters. The van der Waals surface area contributed by atoms with Crippen LogP contribution in [0, 0.1) is 11.7 Å². The van der Waals surface area contributed by atoms with Gasteiger partial charge in [-0.3, -0.25) is 14.3 Å². The quantitative estimate of drug-likeness (QED) is 0.756. The molecule has 142 valence electrons. The predicted octanol–water partition coefficient (Wildman–Crippen LogP) is 2.72. The van der Waals surface area contributed by atoms with Crippen LogP contribution < -0.4 is 21.9 Å². The molecule has 2 aromatic rings. The topological polar surface area (TPSA) is 84.1 Å². The maximum Gasteiger partial charge on any atom is 0.330 e. The van der Waals surface area contributed by atoms with Crippen molar-refractivity contribution in [3.05, 3.63) is 56.5 Å². The molecule has 0 aliphatic rings. The van der Waals surface area contributed by atoms with Crippen LogP contribution in [-0.4, -0.2) is 16.1 Å². The Hall–Kier alpha value is -2.57. The molecule has 0 radical (unpaired) electrons. The van der Waals surface area contributed by atoms with E-state index in [2.05, 4.69) is 4.98 Å². The number of aromatic amines is 1. The van der Waals surface area contributed by atoms with E-state index in [1.807, 2.05) is 25.7 Å². The summed E-state index contributed by atoms with van der Waals surface area (Å²) in [5.41, 5.74) is 6.20. The number of rotatable bonds is 8. The molecule has 0 fully saturated rings. The fraction of sp³-hybridized carbons (Fsp3) is 0.474. The van der Waals surface area contributed by atoms with Crippen LogP contribution in [-0.2, 0) is 13.1 Å². The first-order valence-electron chi connectivity index (χ1n) is 8.95. The Morgan fingerprint density at radius 3 is 2.65 bits per heavy atom. The number of H-pyrrole nitrogens is 1. The molecule has 0 saturated carbocycles. The highest BCUT2D eigenvalue weighted by Crippen LogP contribution is 2.21. The van der Waals surface area contributed by atoms with E-state index in [1.165, 1.54) is 16.7 Å². The van der Waals surface area contributed by atoms with Crippen molar-refractivity contribution in [3.63, 3.8) is 0 Å². The molecule has 3 N–H and O–H groups in total. The highest BCUT2D eigenvalue weighted by molar-refractivity contribution is 5.62. The lowest BCUT2D eigenvalue weighted by Gasteiger charge is -2.26. The minimum absolute atomic E-state index is 0.153. The van der Waals surface area contributed by atoms with Gasteiger partial charge in [0.05, 0.1) is 0 Å². The number of hydrogen-bond donors (Lipinski definition) is 2. The first-order valence-corrected chi connectivity index (χ1v) is 8.95. The highest BCUT2D eigenvalue weighted by Gasteiger charge is 2.19. The third-order valence-corrected chi connectivity index (χ3v) is 4.12. The zero-order valence-electron chi connectivity index (χ0n) is 15.6. The highest BCUT2D eigenvalue weighted by atomic mass is 19.1. The van der Waals surface area contributed by atoms with Crippen LogP contribution in [0.5, 0.6) is 0 Å². The van der Waals surface area contributed by atoms with Crippen LogP contribution in [0.4, 0.5) is 15.9 Å². The van der Waals surface area contributed by atoms with Crippen molar-refractivity contribution < 1.29 is 4.39 Å². The fourth-order valence-electron chi connectivity index (χ4n) is 2.90. The van der Waals surface area contributed by atoms with E-state index in [-0.39, 0.29) is 23.2 Å². The van der Waals surface area contributed by atoms with Gasteiger partial charge in [0.1, 0.15) is 17.3 Å². The van der Waals surface area contributed by atoms with E-state index in [9.17, 15) is 14.0 Å². The lowest BCUT2D eigenvalue weighted by molar-refractivity contribution is 0.506. The molecule has 26 heavy (non-hydrogen) atoms. The van der Waals surface area contributed by atoms with E-state index in [0.717, 1.165) is 18.4 Å². The first-order chi connectivity index (χ1) is 12.3. The maximum absolute atomic E-state index is 13.5. The number of nitrogens with two attached hydrogens (primary N) is 1. The number of unbranched alkanes of at least 4 members (excludes halogenated alkanes) is 1. The van der Waals surface area contributed by atoms with E-state index >= 15 is 0 Å². The zero-order valence-corrected chi connectivity index (χ0v) is 15.6. The molecule has 0 amide bonds. The molecule has 0 bridgehead atoms. The minimum Gasteiger partial charge on any atom is -0.383 e. The third kappa shape index (κ3) is 4.74. The van der Waals surface area contributed by atoms with Crippen molar-refractivity contribution in [1.29, 1.82) is 0 Å². The number of hydrogen-bond acceptors (Lipinski definition) is 4. The van der Waals surface area contributed by atoms with E-state index in [0.29, 0.717) is 19.6 Å². The maximum atomic E-state index is 13.5. The first kappa shape index (κ1) is 19.8. The molecule has 0 aliphatic carbocycles. The van der Waals surface area contributed by atoms with Crippen LogP contribution in [0.25, 0.3) is 0 Å². The Morgan fingerprint density at radius 2 is 2.04 bits per heavy atom. The monoisotopic (exact) mass is 362 g/mol. The van der Waals surface area contributed by atoms with E-state index in [1.54, 1.807) is 12.1 Å². The summed E-state index contributed by atoms with van der Waals surface area (Å²) < 4.78 is 14.9. The second kappa shape index (κ2) is 8.69. The Balaban J connectivity index is 2.50. The summed E-state index contributed by atoms with van der Waals surface area (Å²) >= 11 is 0. The van der Waals surface area contributed by atoms with Gasteiger partial charge in [0.2, 0.25) is 0 Å². The Kier molecular flexibility index (Phi) is 6.60. The second-order valence-corrected chi connectivity index (χ2v) is 6.90. The largest absolute Gasteiger partial charge is 0.383 e. The van der Waals surface area contributed by atoms with Gasteiger partial charge in [-0.15, -0.1) is 0 Å². The minimum atomic E-state index is -0.514. The number of nitrogens with zero attached hydrogens (tertiary/aromatic N) is 2. The van der Waals surface area contributed by atoms with Crippen LogP contribution in [0.3, 0.4) is 0 Å². The van der Waals surface area contributed by atoms with Crippen molar-refractivity contribution >= 4 is 11.5 Å². The molecule has 0 spiro atoms. The third-order valence-electron chi connectivity index (χ3n) is 4.12. The fourth-order valence-corrected chi connectivity index (χ4v) is 2.90. The molecule has 0 aliphatic heterocycles. The standard InChI is InChI=1S/C19H27FN4O2/c1-4-5-9-23(12-14-7-6-8-15(20)10-14)16-17(21)24(11-13(2)3)19(26)22-18(16)25/h6-8,10,13H,4-5,9,11-12,21H2,1-3H3,(H,22,25,26). The molecule has 2 rings (SSSR count). The van der Waals surface area contributed by atoms with Gasteiger partial charge in [0.25, 0.3) is 5.56 Å². The lowest BCUT2D eigenvalue weighted by Crippen LogP contribution is -2.39. The summed E-state index contributed by atoms with van der Waals surface area (Å²) in [4.78, 5) is 28.8. The summed E-state index contributed by atoms with van der Waals surface area (Å²) in [7, 11) is 0. The normalized spacial score (nSPS) is 11.1. The molecule has 0 unspecified atom stereocenters. The average Bonchev–Trinajstić information content (AvgIpc) is 2.56. The van der Waals surface area contributed by atoms with Gasteiger partial charge in [-0.2, -0.15) is 0 Å². The number of anilines is 2. The summed E-state index contributed by atoms with van der Waals surface area (Å²) in [5.74, 6) is 0.0191. The number of halogens is 1. The van der Waals surface area contributed by atoms with Crippen LogP contribution in [0.15, 0.2) is 33.9 Å². The van der Waals surface area contributed by atoms with Gasteiger partial charge < -0.3 is 10.6 Å². The van der Waals surface area contributed by atoms with Gasteiger partial charge in [-0.25, -0.2) is 9.18 Å². The van der Waals surface area contributed by atoms with Gasteiger partial charge >= 0.3 is 5.69 Å². The summed E-state index contributed by atoms with van der Waals surface area (Å²) in [5, 5.41) is 0. The number of nitrogens with one attached hydrogen (secondary N) is 1. The molecular weight excluding hydrogens is 335 g/mol. The Bertz CT molecular complexity index is 857. The van der Waals surface area contributed by atoms with Crippen molar-refractivity contribution in [2.75, 3.05) is 17.2 Å². The van der Waals surface area contributed by atoms with Gasteiger partial charge in [0, 0.05) is 19.6 Å². The molecule has 1 heterocycles. The van der Waals surface area contributed by atoms with Gasteiger partial charge in [0.15, 0.2) is 0 Å². The Morgan fingerprint density at radius 1 is 1.31 bits per heavy atom. The molecular formula is C19H27FN4O2. The lowest BCUT2D eigenvalue weighted by atomic mass is 10.2. The zero-order chi connectivity index (χ0) is 19.3. The SMILES string of the molecule is CCCCN(Cc1cccc(F)c1)c1c(N)n(CC(C)C)c(=O)[nH]c1=O. The van der Waals surface area contributed by atoms with Crippen LogP contribution in [0.1, 0.15) is 39.2 Å². The molecule has 0 saturated heterocycles. The Labute approximate surface area is 152 Å². The van der Waals surface area contributed by atoms with Crippen molar-refractivity contribution in [3.8, 4) is 0 Å². The van der Waals surface area contributed by atoms with Crippen molar-refractivity contribution in [2.24, 2.45) is 5.92 Å². The van der Waals surface area contributed by atoms with Crippen molar-refractivity contribution in [2.45, 2.75) is 46.7 Å². The number of aromatic nitrogens is 2. The van der Waals surface area contributed by atoms with Crippen molar-refractivity contribution in [1.82, 2.24) is 9.55 Å². The number of nitrogen functional groups attached to an aromatic ring is 1. The summed E-state index contributed by atoms with van der Waals surface area (Å²) in [6.45, 7) is 7.32. The summed E-state index contributed by atoms with van der Waals surface area (Å²) in [6.07, 6.45) is 1.78. The smallest absolute Gasteiger partial charge is 0.330 e. The molecule has 1 aromatic carbocycles. The molecule has 6 nitrogen and oxygen atoms in total. The number of benzene rings is 1. The summed E-state index contributed by atoms with van der Waals surface area (Å²) in [6, 6.07) is 6.25. The molecule has 1 aromatic heterocycles. The van der Waals surface area contributed by atoms with E-state index in [4.69, 9.17) is 5.73 Å². The van der Waals surface area contributed by atoms with Gasteiger partial charge in [-0.1, -0.05) is 39.3 Å². The molecule has 7 heteroatoms. The predicted molar refractivity (Wildman–Crippen MR) is 103 cm³/mol. The van der Waals surface area contributed by atoms with Crippen LogP contribution in [0.2, 0.25) is 0 Å². The van der Waals surface area contributed by atoms with Crippen LogP contribution >= 0.6 is 0 Å². The second-order valence-electron chi connectivity index (χ2n) is 6.90. The van der Waals surface area contributed by atoms with E-state index < -0.39 is 11.2 Å². The average molecular weight is 362 g/mol. The van der Waals surface area contributed by atoms with Gasteiger partial charge in [-0.05, 0) is 30.0 Å².